The Kier molecular flexibility index (Phi) is 52.6. The Balaban J connectivity index is 3.95. The van der Waals surface area contributed by atoms with Gasteiger partial charge in [0.25, 0.3) is 0 Å². The average Bonchev–Trinajstić information content (AvgIpc) is 3.22. The van der Waals surface area contributed by atoms with E-state index in [0.29, 0.717) is 66.0 Å². The van der Waals surface area contributed by atoms with Crippen molar-refractivity contribution in [1.29, 1.82) is 0 Å². The van der Waals surface area contributed by atoms with Crippen LogP contribution in [0.25, 0.3) is 0 Å². The Morgan fingerprint density at radius 1 is 0.351 bits per heavy atom. The van der Waals surface area contributed by atoms with Crippen molar-refractivity contribution in [3.63, 3.8) is 0 Å². The van der Waals surface area contributed by atoms with E-state index in [1.165, 1.54) is 193 Å². The molecule has 340 valence electrons. The molecular weight excluding hydrogens is 711 g/mol. The highest BCUT2D eigenvalue weighted by molar-refractivity contribution is 4.86. The van der Waals surface area contributed by atoms with Crippen LogP contribution >= 0.6 is 0 Å². The van der Waals surface area contributed by atoms with Gasteiger partial charge in [0.1, 0.15) is 6.10 Å². The fourth-order valence-electron chi connectivity index (χ4n) is 7.19. The minimum atomic E-state index is -0.0208. The second-order valence-corrected chi connectivity index (χ2v) is 16.5. The van der Waals surface area contributed by atoms with Crippen LogP contribution in [0.15, 0.2) is 0 Å². The first-order valence-electron chi connectivity index (χ1n) is 25.0. The molecule has 0 saturated heterocycles. The lowest BCUT2D eigenvalue weighted by Gasteiger charge is -2.18. The maximum atomic E-state index is 6.28. The highest BCUT2D eigenvalue weighted by Gasteiger charge is 2.10. The molecule has 1 atom stereocenters. The number of nitrogens with one attached hydrogen (secondary N) is 1. The van der Waals surface area contributed by atoms with E-state index in [-0.39, 0.29) is 6.10 Å². The van der Waals surface area contributed by atoms with Crippen LogP contribution in [0.4, 0.5) is 0 Å². The molecule has 0 bridgehead atoms. The van der Waals surface area contributed by atoms with E-state index < -0.39 is 0 Å². The Morgan fingerprint density at radius 3 is 1.02 bits per heavy atom. The van der Waals surface area contributed by atoms with Crippen molar-refractivity contribution in [3.8, 4) is 12.3 Å². The van der Waals surface area contributed by atoms with E-state index in [9.17, 15) is 0 Å². The number of hydrogen-bond acceptors (Lipinski definition) is 7. The Bertz CT molecular complexity index is 749. The lowest BCUT2D eigenvalue weighted by Crippen LogP contribution is -2.27. The van der Waals surface area contributed by atoms with Gasteiger partial charge in [-0.3, -0.25) is 0 Å². The Hall–Kier alpha value is -0.720. The molecule has 0 aromatic heterocycles. The molecule has 0 saturated carbocycles. The molecule has 7 heteroatoms. The molecule has 0 aromatic carbocycles. The summed E-state index contributed by atoms with van der Waals surface area (Å²) in [6.45, 7) is 12.6. The van der Waals surface area contributed by atoms with E-state index in [2.05, 4.69) is 25.1 Å². The zero-order valence-corrected chi connectivity index (χ0v) is 38.4. The van der Waals surface area contributed by atoms with Crippen LogP contribution in [0.5, 0.6) is 0 Å². The van der Waals surface area contributed by atoms with Gasteiger partial charge in [-0.05, 0) is 12.8 Å². The molecule has 0 spiro atoms. The number of rotatable bonds is 52. The predicted molar refractivity (Wildman–Crippen MR) is 245 cm³/mol. The topological polar surface area (TPSA) is 67.4 Å². The molecule has 0 fully saturated rings. The molecule has 0 aromatic rings. The average molecular weight is 810 g/mol. The lowest BCUT2D eigenvalue weighted by molar-refractivity contribution is -0.0700. The van der Waals surface area contributed by atoms with Gasteiger partial charge in [0, 0.05) is 19.8 Å². The molecule has 0 amide bonds. The number of terminal acetylenes is 1. The lowest BCUT2D eigenvalue weighted by atomic mass is 10.0. The molecule has 0 aliphatic rings. The molecule has 1 N–H and O–H groups in total. The molecule has 0 rings (SSSR count). The monoisotopic (exact) mass is 810 g/mol. The highest BCUT2D eigenvalue weighted by Crippen LogP contribution is 2.15. The van der Waals surface area contributed by atoms with Gasteiger partial charge in [0.15, 0.2) is 0 Å². The van der Waals surface area contributed by atoms with Crippen molar-refractivity contribution in [2.24, 2.45) is 0 Å². The largest absolute Gasteiger partial charge is 0.379 e. The first-order chi connectivity index (χ1) is 28.3. The molecule has 0 radical (unpaired) electrons. The third kappa shape index (κ3) is 51.4. The summed E-state index contributed by atoms with van der Waals surface area (Å²) < 4.78 is 35.1. The highest BCUT2D eigenvalue weighted by atomic mass is 16.6. The Labute approximate surface area is 356 Å². The second-order valence-electron chi connectivity index (χ2n) is 16.5. The van der Waals surface area contributed by atoms with Gasteiger partial charge >= 0.3 is 0 Å². The molecular formula is C50H99NO6. The first kappa shape index (κ1) is 56.3. The van der Waals surface area contributed by atoms with E-state index in [1.807, 2.05) is 0 Å². The minimum absolute atomic E-state index is 0.0208. The van der Waals surface area contributed by atoms with Gasteiger partial charge in [-0.1, -0.05) is 212 Å². The van der Waals surface area contributed by atoms with Crippen molar-refractivity contribution in [1.82, 2.24) is 5.32 Å². The van der Waals surface area contributed by atoms with E-state index >= 15 is 0 Å². The Morgan fingerprint density at radius 2 is 0.649 bits per heavy atom. The SMILES string of the molecule is C#CCNCCOCCOCCOCCOC[C@@H](COCCCCCCCCCCCCCCCCCC)OCCCCCCCCCCCCCCCCCC. The maximum Gasteiger partial charge on any atom is 0.104 e. The standard InChI is InChI=1S/C50H99NO6/c1-4-7-9-11-13-15-17-19-21-23-25-27-29-31-33-35-39-55-48-50(49-56-47-46-54-45-44-53-43-42-52-41-38-51-37-6-3)57-40-36-34-32-30-28-26-24-22-20-18-16-14-12-10-8-5-2/h3,50-51H,4-5,7-49H2,1-2H3/t50-/m1/s1. The minimum Gasteiger partial charge on any atom is -0.379 e. The number of ether oxygens (including phenoxy) is 6. The van der Waals surface area contributed by atoms with Gasteiger partial charge in [0.2, 0.25) is 0 Å². The van der Waals surface area contributed by atoms with Crippen LogP contribution < -0.4 is 5.32 Å². The summed E-state index contributed by atoms with van der Waals surface area (Å²) >= 11 is 0. The quantitative estimate of drug-likeness (QED) is 0.0485. The third-order valence-electron chi connectivity index (χ3n) is 10.9. The van der Waals surface area contributed by atoms with Crippen molar-refractivity contribution < 1.29 is 28.4 Å². The summed E-state index contributed by atoms with van der Waals surface area (Å²) in [6.07, 6.45) is 49.4. The smallest absolute Gasteiger partial charge is 0.104 e. The van der Waals surface area contributed by atoms with Gasteiger partial charge in [0.05, 0.1) is 66.0 Å². The molecule has 0 heterocycles. The number of hydrogen-bond donors (Lipinski definition) is 1. The zero-order valence-electron chi connectivity index (χ0n) is 38.4. The van der Waals surface area contributed by atoms with Crippen LogP contribution in [0.1, 0.15) is 219 Å². The van der Waals surface area contributed by atoms with Gasteiger partial charge in [-0.25, -0.2) is 0 Å². The van der Waals surface area contributed by atoms with E-state index in [4.69, 9.17) is 34.8 Å². The summed E-state index contributed by atoms with van der Waals surface area (Å²) in [4.78, 5) is 0. The summed E-state index contributed by atoms with van der Waals surface area (Å²) in [5.74, 6) is 2.55. The molecule has 57 heavy (non-hydrogen) atoms. The molecule has 7 nitrogen and oxygen atoms in total. The summed E-state index contributed by atoms with van der Waals surface area (Å²) in [6, 6.07) is 0. The maximum absolute atomic E-state index is 6.28. The molecule has 0 aliphatic heterocycles. The van der Waals surface area contributed by atoms with Crippen LogP contribution in [-0.2, 0) is 28.4 Å². The summed E-state index contributed by atoms with van der Waals surface area (Å²) in [5, 5.41) is 3.10. The summed E-state index contributed by atoms with van der Waals surface area (Å²) in [7, 11) is 0. The van der Waals surface area contributed by atoms with E-state index in [1.54, 1.807) is 0 Å². The fraction of sp³-hybridized carbons (Fsp3) is 0.960. The number of unbranched alkanes of at least 4 members (excludes halogenated alkanes) is 30. The van der Waals surface area contributed by atoms with Crippen LogP contribution in [0.2, 0.25) is 0 Å². The van der Waals surface area contributed by atoms with Crippen LogP contribution in [-0.4, -0.2) is 91.9 Å². The molecule has 0 aliphatic carbocycles. The normalized spacial score (nSPS) is 12.1. The zero-order chi connectivity index (χ0) is 41.1. The van der Waals surface area contributed by atoms with Crippen LogP contribution in [0, 0.1) is 12.3 Å². The van der Waals surface area contributed by atoms with Gasteiger partial charge in [-0.15, -0.1) is 6.42 Å². The predicted octanol–water partition coefficient (Wildman–Crippen LogP) is 13.2. The fourth-order valence-corrected chi connectivity index (χ4v) is 7.19. The second kappa shape index (κ2) is 53.3. The first-order valence-corrected chi connectivity index (χ1v) is 25.0. The van der Waals surface area contributed by atoms with Gasteiger partial charge < -0.3 is 33.7 Å². The third-order valence-corrected chi connectivity index (χ3v) is 10.9. The molecule has 0 unspecified atom stereocenters. The van der Waals surface area contributed by atoms with Gasteiger partial charge in [-0.2, -0.15) is 0 Å². The van der Waals surface area contributed by atoms with Crippen LogP contribution in [0.3, 0.4) is 0 Å². The van der Waals surface area contributed by atoms with E-state index in [0.717, 1.165) is 32.6 Å². The van der Waals surface area contributed by atoms with Crippen molar-refractivity contribution in [2.75, 3.05) is 85.8 Å². The summed E-state index contributed by atoms with van der Waals surface area (Å²) in [5.41, 5.74) is 0. The van der Waals surface area contributed by atoms with Crippen molar-refractivity contribution in [2.45, 2.75) is 225 Å². The van der Waals surface area contributed by atoms with Crippen molar-refractivity contribution >= 4 is 0 Å². The van der Waals surface area contributed by atoms with Crippen molar-refractivity contribution in [3.05, 3.63) is 0 Å².